The van der Waals surface area contributed by atoms with Gasteiger partial charge in [-0.15, -0.1) is 0 Å². The predicted octanol–water partition coefficient (Wildman–Crippen LogP) is 5.46. The summed E-state index contributed by atoms with van der Waals surface area (Å²) in [5.74, 6) is 3.33. The van der Waals surface area contributed by atoms with Crippen LogP contribution in [0.4, 0.5) is 0 Å². The lowest BCUT2D eigenvalue weighted by molar-refractivity contribution is -0.103. The van der Waals surface area contributed by atoms with Crippen LogP contribution >= 0.6 is 0 Å². The van der Waals surface area contributed by atoms with E-state index in [1.807, 2.05) is 0 Å². The minimum atomic E-state index is 0.467. The van der Waals surface area contributed by atoms with Crippen molar-refractivity contribution < 1.29 is 0 Å². The van der Waals surface area contributed by atoms with Crippen molar-refractivity contribution in [2.45, 2.75) is 45.4 Å². The molecule has 2 nitrogen and oxygen atoms in total. The molecule has 5 rings (SSSR count). The molecule has 0 aromatic heterocycles. The zero-order chi connectivity index (χ0) is 20.1. The molecular formula is C27H38N2. The lowest BCUT2D eigenvalue weighted by atomic mass is 9.45. The van der Waals surface area contributed by atoms with Gasteiger partial charge in [0, 0.05) is 19.0 Å². The molecule has 2 N–H and O–H groups in total. The normalized spacial score (nSPS) is 25.0. The lowest BCUT2D eigenvalue weighted by Crippen LogP contribution is -2.54. The third-order valence-corrected chi connectivity index (χ3v) is 7.90. The summed E-state index contributed by atoms with van der Waals surface area (Å²) in [4.78, 5) is 0. The number of hydrogen-bond donors (Lipinski definition) is 2. The van der Waals surface area contributed by atoms with Gasteiger partial charge in [0.05, 0.1) is 0 Å². The molecule has 0 amide bonds. The minimum absolute atomic E-state index is 0.467. The van der Waals surface area contributed by atoms with Gasteiger partial charge in [-0.2, -0.15) is 0 Å². The largest absolute Gasteiger partial charge is 0.315 e. The first kappa shape index (κ1) is 20.6. The van der Waals surface area contributed by atoms with Crippen LogP contribution in [0, 0.1) is 23.2 Å². The van der Waals surface area contributed by atoms with Crippen LogP contribution in [-0.2, 0) is 0 Å². The van der Waals surface area contributed by atoms with E-state index in [9.17, 15) is 0 Å². The summed E-state index contributed by atoms with van der Waals surface area (Å²) < 4.78 is 0. The molecule has 0 spiro atoms. The van der Waals surface area contributed by atoms with Crippen molar-refractivity contribution in [2.75, 3.05) is 26.2 Å². The Morgan fingerprint density at radius 1 is 0.828 bits per heavy atom. The van der Waals surface area contributed by atoms with E-state index < -0.39 is 0 Å². The fourth-order valence-electron chi connectivity index (χ4n) is 5.94. The molecule has 2 heteroatoms. The van der Waals surface area contributed by atoms with Crippen molar-refractivity contribution in [3.8, 4) is 0 Å². The van der Waals surface area contributed by atoms with E-state index in [1.165, 1.54) is 36.9 Å². The maximum absolute atomic E-state index is 3.74. The molecule has 0 heterocycles. The summed E-state index contributed by atoms with van der Waals surface area (Å²) in [6, 6.07) is 21.9. The smallest absolute Gasteiger partial charge is 0.0101 e. The van der Waals surface area contributed by atoms with Crippen molar-refractivity contribution in [2.24, 2.45) is 23.2 Å². The molecule has 1 unspecified atom stereocenters. The van der Waals surface area contributed by atoms with E-state index in [2.05, 4.69) is 85.1 Å². The van der Waals surface area contributed by atoms with Crippen LogP contribution < -0.4 is 10.6 Å². The lowest BCUT2D eigenvalue weighted by Gasteiger charge is -2.60. The highest BCUT2D eigenvalue weighted by Gasteiger charge is 2.53. The molecular weight excluding hydrogens is 352 g/mol. The Morgan fingerprint density at radius 3 is 2.03 bits per heavy atom. The Morgan fingerprint density at radius 2 is 1.45 bits per heavy atom. The van der Waals surface area contributed by atoms with Crippen molar-refractivity contribution in [3.05, 3.63) is 71.8 Å². The molecule has 2 aromatic rings. The molecule has 2 bridgehead atoms. The minimum Gasteiger partial charge on any atom is -0.315 e. The molecule has 3 atom stereocenters. The van der Waals surface area contributed by atoms with E-state index in [0.717, 1.165) is 43.8 Å². The highest BCUT2D eigenvalue weighted by molar-refractivity contribution is 5.32. The van der Waals surface area contributed by atoms with Crippen LogP contribution in [0.25, 0.3) is 0 Å². The molecule has 3 saturated carbocycles. The average molecular weight is 391 g/mol. The van der Waals surface area contributed by atoms with Crippen LogP contribution in [0.1, 0.15) is 56.6 Å². The van der Waals surface area contributed by atoms with Gasteiger partial charge in [0.25, 0.3) is 0 Å². The highest BCUT2D eigenvalue weighted by Crippen LogP contribution is 2.61. The van der Waals surface area contributed by atoms with Crippen molar-refractivity contribution in [1.82, 2.24) is 10.6 Å². The Labute approximate surface area is 177 Å². The van der Waals surface area contributed by atoms with Crippen molar-refractivity contribution >= 4 is 0 Å². The molecule has 0 radical (unpaired) electrons. The van der Waals surface area contributed by atoms with Crippen molar-refractivity contribution in [3.63, 3.8) is 0 Å². The molecule has 0 aliphatic heterocycles. The molecule has 3 aliphatic rings. The van der Waals surface area contributed by atoms with Gasteiger partial charge in [0.2, 0.25) is 0 Å². The molecule has 3 aliphatic carbocycles. The van der Waals surface area contributed by atoms with Gasteiger partial charge in [-0.1, -0.05) is 74.5 Å². The summed E-state index contributed by atoms with van der Waals surface area (Å²) in [6.45, 7) is 9.38. The summed E-state index contributed by atoms with van der Waals surface area (Å²) in [6.07, 6.45) is 5.51. The van der Waals surface area contributed by atoms with Gasteiger partial charge in [-0.05, 0) is 73.1 Å². The van der Waals surface area contributed by atoms with Crippen molar-refractivity contribution in [1.29, 1.82) is 0 Å². The first-order chi connectivity index (χ1) is 14.2. The van der Waals surface area contributed by atoms with E-state index in [4.69, 9.17) is 0 Å². The van der Waals surface area contributed by atoms with Gasteiger partial charge in [-0.25, -0.2) is 0 Å². The monoisotopic (exact) mass is 390 g/mol. The van der Waals surface area contributed by atoms with Gasteiger partial charge in [0.15, 0.2) is 0 Å². The molecule has 0 saturated heterocycles. The molecule has 2 aromatic carbocycles. The summed E-state index contributed by atoms with van der Waals surface area (Å²) in [5.41, 5.74) is 3.43. The van der Waals surface area contributed by atoms with Gasteiger partial charge in [0.1, 0.15) is 0 Å². The van der Waals surface area contributed by atoms with Crippen LogP contribution in [0.2, 0.25) is 0 Å². The second-order valence-electron chi connectivity index (χ2n) is 9.81. The topological polar surface area (TPSA) is 24.1 Å². The summed E-state index contributed by atoms with van der Waals surface area (Å²) >= 11 is 0. The zero-order valence-electron chi connectivity index (χ0n) is 18.2. The zero-order valence-corrected chi connectivity index (χ0v) is 18.2. The number of fused-ring (bicyclic) bond motifs is 2. The highest BCUT2D eigenvalue weighted by atomic mass is 14.9. The second-order valence-corrected chi connectivity index (χ2v) is 9.81. The van der Waals surface area contributed by atoms with Gasteiger partial charge in [-0.3, -0.25) is 0 Å². The number of hydrogen-bond acceptors (Lipinski definition) is 2. The van der Waals surface area contributed by atoms with E-state index in [-0.39, 0.29) is 0 Å². The fraction of sp³-hybridized carbons (Fsp3) is 0.556. The third kappa shape index (κ3) is 4.75. The number of rotatable bonds is 10. The summed E-state index contributed by atoms with van der Waals surface area (Å²) in [7, 11) is 0. The Kier molecular flexibility index (Phi) is 6.72. The number of nitrogens with one attached hydrogen (secondary N) is 2. The first-order valence-electron chi connectivity index (χ1n) is 11.7. The maximum Gasteiger partial charge on any atom is 0.0101 e. The second kappa shape index (κ2) is 9.45. The van der Waals surface area contributed by atoms with Crippen LogP contribution in [0.5, 0.6) is 0 Å². The summed E-state index contributed by atoms with van der Waals surface area (Å²) in [5, 5.41) is 7.40. The number of benzene rings is 2. The standard InChI is InChI=1S/C27H38N2/c1-27(2)24-14-13-23(26(27)19-24)20-29-18-17-28-16-15-25(21-9-5-3-6-10-21)22-11-7-4-8-12-22/h3-12,23-26,28-29H,13-20H2,1-2H3/t23-,24-,26?/m0/s1. The van der Waals surface area contributed by atoms with Gasteiger partial charge >= 0.3 is 0 Å². The SMILES string of the molecule is CC1(C)C2C[C@@H]1CC[C@H]2CNCCNCCC(c1ccccc1)c1ccccc1. The fourth-order valence-corrected chi connectivity index (χ4v) is 5.94. The maximum atomic E-state index is 3.74. The van der Waals surface area contributed by atoms with Crippen LogP contribution in [0.15, 0.2) is 60.7 Å². The van der Waals surface area contributed by atoms with Crippen LogP contribution in [-0.4, -0.2) is 26.2 Å². The first-order valence-corrected chi connectivity index (χ1v) is 11.7. The quantitative estimate of drug-likeness (QED) is 0.526. The Balaban J connectivity index is 1.17. The third-order valence-electron chi connectivity index (χ3n) is 7.90. The van der Waals surface area contributed by atoms with Crippen LogP contribution in [0.3, 0.4) is 0 Å². The molecule has 29 heavy (non-hydrogen) atoms. The van der Waals surface area contributed by atoms with E-state index in [1.54, 1.807) is 0 Å². The Bertz CT molecular complexity index is 698. The molecule has 3 fully saturated rings. The predicted molar refractivity (Wildman–Crippen MR) is 123 cm³/mol. The Hall–Kier alpha value is -1.64. The average Bonchev–Trinajstić information content (AvgIpc) is 2.77. The van der Waals surface area contributed by atoms with Gasteiger partial charge < -0.3 is 10.6 Å². The molecule has 156 valence electrons. The van der Waals surface area contributed by atoms with E-state index >= 15 is 0 Å². The van der Waals surface area contributed by atoms with E-state index in [0.29, 0.717) is 11.3 Å².